The molecule has 1 aromatic heterocycles. The number of hydrogen-bond donors (Lipinski definition) is 2. The van der Waals surface area contributed by atoms with Crippen LogP contribution in [-0.4, -0.2) is 37.2 Å². The van der Waals surface area contributed by atoms with Crippen LogP contribution in [0.1, 0.15) is 21.9 Å². The second-order valence-electron chi connectivity index (χ2n) is 6.12. The Morgan fingerprint density at radius 2 is 1.66 bits per heavy atom. The van der Waals surface area contributed by atoms with Gasteiger partial charge in [0.1, 0.15) is 28.8 Å². The molecule has 0 aliphatic carbocycles. The molecule has 0 aliphatic heterocycles. The van der Waals surface area contributed by atoms with Crippen LogP contribution in [0.5, 0.6) is 17.2 Å². The molecule has 29 heavy (non-hydrogen) atoms. The van der Waals surface area contributed by atoms with E-state index >= 15 is 0 Å². The van der Waals surface area contributed by atoms with Crippen molar-refractivity contribution in [1.82, 2.24) is 9.97 Å². The van der Waals surface area contributed by atoms with Gasteiger partial charge in [0.05, 0.1) is 27.0 Å². The molecule has 2 N–H and O–H groups in total. The van der Waals surface area contributed by atoms with E-state index in [1.807, 2.05) is 24.3 Å². The Morgan fingerprint density at radius 3 is 2.31 bits per heavy atom. The van der Waals surface area contributed by atoms with Gasteiger partial charge in [0, 0.05) is 18.6 Å². The fraction of sp³-hybridized carbons (Fsp3) is 0.190. The van der Waals surface area contributed by atoms with Gasteiger partial charge in [-0.15, -0.1) is 0 Å². The summed E-state index contributed by atoms with van der Waals surface area (Å²) in [5.41, 5.74) is 0.921. The molecular weight excluding hydrogens is 374 g/mol. The van der Waals surface area contributed by atoms with Crippen LogP contribution in [0.4, 0.5) is 5.69 Å². The van der Waals surface area contributed by atoms with Gasteiger partial charge < -0.3 is 24.5 Å². The number of nitrogens with one attached hydrogen (secondary N) is 2. The van der Waals surface area contributed by atoms with Gasteiger partial charge in [-0.3, -0.25) is 9.59 Å². The molecule has 1 amide bonds. The molecule has 0 fully saturated rings. The lowest BCUT2D eigenvalue weighted by atomic mass is 10.1. The third-order valence-electron chi connectivity index (χ3n) is 4.21. The Morgan fingerprint density at radius 1 is 0.966 bits per heavy atom. The second kappa shape index (κ2) is 8.92. The molecule has 3 aromatic rings. The van der Waals surface area contributed by atoms with Gasteiger partial charge in [-0.1, -0.05) is 12.1 Å². The fourth-order valence-corrected chi connectivity index (χ4v) is 2.74. The Hall–Kier alpha value is -3.81. The van der Waals surface area contributed by atoms with Crippen LogP contribution in [0.3, 0.4) is 0 Å². The molecule has 0 atom stereocenters. The quantitative estimate of drug-likeness (QED) is 0.638. The van der Waals surface area contributed by atoms with Crippen LogP contribution < -0.4 is 25.1 Å². The highest BCUT2D eigenvalue weighted by atomic mass is 16.5. The van der Waals surface area contributed by atoms with Crippen molar-refractivity contribution < 1.29 is 19.0 Å². The summed E-state index contributed by atoms with van der Waals surface area (Å²) in [6.07, 6.45) is 0.364. The Bertz CT molecular complexity index is 1060. The first kappa shape index (κ1) is 19.9. The number of rotatable bonds is 7. The molecule has 0 aliphatic rings. The summed E-state index contributed by atoms with van der Waals surface area (Å²) in [4.78, 5) is 31.7. The van der Waals surface area contributed by atoms with Crippen LogP contribution in [0.15, 0.2) is 53.3 Å². The molecule has 2 aromatic carbocycles. The number of aromatic nitrogens is 2. The summed E-state index contributed by atoms with van der Waals surface area (Å²) in [7, 11) is 4.61. The number of ether oxygens (including phenoxy) is 3. The summed E-state index contributed by atoms with van der Waals surface area (Å²) >= 11 is 0. The number of carbonyl (C=O) groups is 1. The van der Waals surface area contributed by atoms with Crippen LogP contribution in [0.25, 0.3) is 0 Å². The topological polar surface area (TPSA) is 103 Å². The summed E-state index contributed by atoms with van der Waals surface area (Å²) in [5.74, 6) is 1.60. The lowest BCUT2D eigenvalue weighted by molar-refractivity contribution is 0.102. The van der Waals surface area contributed by atoms with E-state index in [-0.39, 0.29) is 5.69 Å². The summed E-state index contributed by atoms with van der Waals surface area (Å²) in [6.45, 7) is 0. The minimum atomic E-state index is -0.529. The van der Waals surface area contributed by atoms with Crippen LogP contribution in [0, 0.1) is 0 Å². The van der Waals surface area contributed by atoms with Crippen LogP contribution in [0.2, 0.25) is 0 Å². The van der Waals surface area contributed by atoms with E-state index in [2.05, 4.69) is 15.3 Å². The van der Waals surface area contributed by atoms with E-state index in [4.69, 9.17) is 14.2 Å². The van der Waals surface area contributed by atoms with Crippen molar-refractivity contribution in [1.29, 1.82) is 0 Å². The van der Waals surface area contributed by atoms with Crippen molar-refractivity contribution >= 4 is 11.6 Å². The molecule has 0 bridgehead atoms. The lowest BCUT2D eigenvalue weighted by Crippen LogP contribution is -2.20. The number of H-pyrrole nitrogens is 1. The molecule has 0 saturated carbocycles. The molecule has 150 valence electrons. The molecule has 8 nitrogen and oxygen atoms in total. The molecule has 3 rings (SSSR count). The standard InChI is InChI=1S/C21H21N3O5/c1-27-14-6-4-13(5-7-14)10-19-22-17(12-20(25)24-19)21(26)23-16-11-15(28-2)8-9-18(16)29-3/h4-9,11-12H,10H2,1-3H3,(H,23,26)(H,22,24,25). The third kappa shape index (κ3) is 4.92. The largest absolute Gasteiger partial charge is 0.497 e. The highest BCUT2D eigenvalue weighted by Crippen LogP contribution is 2.29. The molecule has 0 radical (unpaired) electrons. The highest BCUT2D eigenvalue weighted by molar-refractivity contribution is 6.03. The zero-order chi connectivity index (χ0) is 20.8. The van der Waals surface area contributed by atoms with Crippen molar-refractivity contribution in [3.05, 3.63) is 76.0 Å². The van der Waals surface area contributed by atoms with Crippen molar-refractivity contribution in [2.45, 2.75) is 6.42 Å². The number of hydrogen-bond acceptors (Lipinski definition) is 6. The predicted octanol–water partition coefficient (Wildman–Crippen LogP) is 2.64. The van der Waals surface area contributed by atoms with Crippen molar-refractivity contribution in [2.24, 2.45) is 0 Å². The first-order chi connectivity index (χ1) is 14.0. The molecule has 0 unspecified atom stereocenters. The molecule has 0 spiro atoms. The normalized spacial score (nSPS) is 10.3. The van der Waals surface area contributed by atoms with E-state index in [0.717, 1.165) is 17.4 Å². The monoisotopic (exact) mass is 395 g/mol. The minimum absolute atomic E-state index is 0.00198. The molecule has 8 heteroatoms. The zero-order valence-corrected chi connectivity index (χ0v) is 16.3. The highest BCUT2D eigenvalue weighted by Gasteiger charge is 2.14. The van der Waals surface area contributed by atoms with Crippen molar-refractivity contribution in [2.75, 3.05) is 26.6 Å². The Kier molecular flexibility index (Phi) is 6.13. The van der Waals surface area contributed by atoms with Gasteiger partial charge in [-0.2, -0.15) is 0 Å². The minimum Gasteiger partial charge on any atom is -0.497 e. The van der Waals surface area contributed by atoms with Gasteiger partial charge in [-0.05, 0) is 29.8 Å². The van der Waals surface area contributed by atoms with Gasteiger partial charge in [0.2, 0.25) is 0 Å². The Labute approximate surface area is 167 Å². The second-order valence-corrected chi connectivity index (χ2v) is 6.12. The number of anilines is 1. The van der Waals surface area contributed by atoms with Crippen LogP contribution in [-0.2, 0) is 6.42 Å². The first-order valence-corrected chi connectivity index (χ1v) is 8.79. The van der Waals surface area contributed by atoms with Gasteiger partial charge in [-0.25, -0.2) is 4.98 Å². The van der Waals surface area contributed by atoms with Gasteiger partial charge >= 0.3 is 0 Å². The maximum Gasteiger partial charge on any atom is 0.274 e. The number of amides is 1. The number of nitrogens with zero attached hydrogens (tertiary/aromatic N) is 1. The van der Waals surface area contributed by atoms with E-state index in [1.54, 1.807) is 25.3 Å². The average Bonchev–Trinajstić information content (AvgIpc) is 2.73. The average molecular weight is 395 g/mol. The number of methoxy groups -OCH3 is 3. The van der Waals surface area contributed by atoms with E-state index in [1.165, 1.54) is 14.2 Å². The lowest BCUT2D eigenvalue weighted by Gasteiger charge is -2.12. The number of carbonyl (C=O) groups excluding carboxylic acids is 1. The smallest absolute Gasteiger partial charge is 0.274 e. The maximum atomic E-state index is 12.7. The molecule has 0 saturated heterocycles. The van der Waals surface area contributed by atoms with Gasteiger partial charge in [0.15, 0.2) is 0 Å². The molecule has 1 heterocycles. The van der Waals surface area contributed by atoms with E-state index < -0.39 is 11.5 Å². The zero-order valence-electron chi connectivity index (χ0n) is 16.3. The van der Waals surface area contributed by atoms with Crippen molar-refractivity contribution in [3.8, 4) is 17.2 Å². The number of aromatic amines is 1. The molecular formula is C21H21N3O5. The summed E-state index contributed by atoms with van der Waals surface area (Å²) in [5, 5.41) is 2.71. The predicted molar refractivity (Wildman–Crippen MR) is 108 cm³/mol. The summed E-state index contributed by atoms with van der Waals surface area (Å²) < 4.78 is 15.6. The summed E-state index contributed by atoms with van der Waals surface area (Å²) in [6, 6.07) is 13.5. The third-order valence-corrected chi connectivity index (χ3v) is 4.21. The van der Waals surface area contributed by atoms with Crippen molar-refractivity contribution in [3.63, 3.8) is 0 Å². The van der Waals surface area contributed by atoms with E-state index in [0.29, 0.717) is 29.4 Å². The van der Waals surface area contributed by atoms with E-state index in [9.17, 15) is 9.59 Å². The van der Waals surface area contributed by atoms with Gasteiger partial charge in [0.25, 0.3) is 11.5 Å². The SMILES string of the molecule is COc1ccc(Cc2nc(C(=O)Nc3cc(OC)ccc3OC)cc(=O)[nH]2)cc1. The first-order valence-electron chi connectivity index (χ1n) is 8.79. The Balaban J connectivity index is 1.83. The number of benzene rings is 2. The maximum absolute atomic E-state index is 12.7. The fourth-order valence-electron chi connectivity index (χ4n) is 2.74. The van der Waals surface area contributed by atoms with Crippen LogP contribution >= 0.6 is 0 Å².